The van der Waals surface area contributed by atoms with Gasteiger partial charge in [0.25, 0.3) is 0 Å². The summed E-state index contributed by atoms with van der Waals surface area (Å²) < 4.78 is 0. The van der Waals surface area contributed by atoms with Gasteiger partial charge in [-0.1, -0.05) is 44.2 Å². The lowest BCUT2D eigenvalue weighted by molar-refractivity contribution is -0.142. The molecule has 110 valence electrons. The molecule has 1 rings (SSSR count). The van der Waals surface area contributed by atoms with E-state index in [4.69, 9.17) is 0 Å². The summed E-state index contributed by atoms with van der Waals surface area (Å²) in [5.74, 6) is -1.51. The Kier molecular flexibility index (Phi) is 6.73. The zero-order chi connectivity index (χ0) is 15.0. The smallest absolute Gasteiger partial charge is 0.326 e. The summed E-state index contributed by atoms with van der Waals surface area (Å²) in [4.78, 5) is 23.2. The maximum absolute atomic E-state index is 11.9. The Hall–Kier alpha value is -1.88. The van der Waals surface area contributed by atoms with Crippen molar-refractivity contribution < 1.29 is 14.7 Å². The highest BCUT2D eigenvalue weighted by Crippen LogP contribution is 2.04. The van der Waals surface area contributed by atoms with Crippen LogP contribution in [0.1, 0.15) is 19.4 Å². The number of hydrogen-bond donors (Lipinski definition) is 3. The SMILES string of the molecule is CCNCC(C)C(=O)NC(Cc1ccccc1)C(=O)O. The Morgan fingerprint density at radius 3 is 2.45 bits per heavy atom. The summed E-state index contributed by atoms with van der Waals surface area (Å²) >= 11 is 0. The van der Waals surface area contributed by atoms with Crippen LogP contribution in [0.5, 0.6) is 0 Å². The molecule has 0 fully saturated rings. The minimum Gasteiger partial charge on any atom is -0.480 e. The molecular formula is C15H22N2O3. The van der Waals surface area contributed by atoms with E-state index in [0.717, 1.165) is 12.1 Å². The van der Waals surface area contributed by atoms with Crippen molar-refractivity contribution in [1.29, 1.82) is 0 Å². The van der Waals surface area contributed by atoms with Crippen LogP contribution in [-0.2, 0) is 16.0 Å². The fraction of sp³-hybridized carbons (Fsp3) is 0.467. The van der Waals surface area contributed by atoms with Crippen molar-refractivity contribution in [3.05, 3.63) is 35.9 Å². The standard InChI is InChI=1S/C15H22N2O3/c1-3-16-10-11(2)14(18)17-13(15(19)20)9-12-7-5-4-6-8-12/h4-8,11,13,16H,3,9-10H2,1-2H3,(H,17,18)(H,19,20). The average molecular weight is 278 g/mol. The number of benzene rings is 1. The minimum absolute atomic E-state index is 0.241. The lowest BCUT2D eigenvalue weighted by Gasteiger charge is -2.18. The number of nitrogens with one attached hydrogen (secondary N) is 2. The molecule has 0 aromatic heterocycles. The van der Waals surface area contributed by atoms with Gasteiger partial charge in [0.05, 0.1) is 0 Å². The molecule has 0 heterocycles. The van der Waals surface area contributed by atoms with E-state index < -0.39 is 12.0 Å². The molecule has 0 saturated heterocycles. The minimum atomic E-state index is -1.02. The van der Waals surface area contributed by atoms with Crippen molar-refractivity contribution >= 4 is 11.9 Å². The third kappa shape index (κ3) is 5.40. The molecule has 1 aromatic carbocycles. The maximum Gasteiger partial charge on any atom is 0.326 e. The molecule has 0 spiro atoms. The molecule has 5 nitrogen and oxygen atoms in total. The first-order valence-corrected chi connectivity index (χ1v) is 6.82. The zero-order valence-electron chi connectivity index (χ0n) is 11.9. The summed E-state index contributed by atoms with van der Waals surface area (Å²) in [5, 5.41) is 14.9. The van der Waals surface area contributed by atoms with Crippen LogP contribution in [0.4, 0.5) is 0 Å². The Labute approximate surface area is 119 Å². The van der Waals surface area contributed by atoms with Gasteiger partial charge in [0.15, 0.2) is 0 Å². The van der Waals surface area contributed by atoms with Crippen LogP contribution in [0.15, 0.2) is 30.3 Å². The Morgan fingerprint density at radius 1 is 1.25 bits per heavy atom. The molecule has 0 aliphatic heterocycles. The number of carbonyl (C=O) groups excluding carboxylic acids is 1. The number of rotatable bonds is 8. The molecule has 2 atom stereocenters. The predicted molar refractivity (Wildman–Crippen MR) is 77.4 cm³/mol. The quantitative estimate of drug-likeness (QED) is 0.664. The molecule has 1 amide bonds. The molecule has 0 saturated carbocycles. The number of aliphatic carboxylic acids is 1. The van der Waals surface area contributed by atoms with Crippen molar-refractivity contribution in [2.24, 2.45) is 5.92 Å². The van der Waals surface area contributed by atoms with Crippen LogP contribution < -0.4 is 10.6 Å². The summed E-state index contributed by atoms with van der Waals surface area (Å²) in [6.45, 7) is 5.06. The van der Waals surface area contributed by atoms with Gasteiger partial charge < -0.3 is 15.7 Å². The maximum atomic E-state index is 11.9. The molecule has 3 N–H and O–H groups in total. The fourth-order valence-corrected chi connectivity index (χ4v) is 1.82. The van der Waals surface area contributed by atoms with Gasteiger partial charge in [-0.15, -0.1) is 0 Å². The summed E-state index contributed by atoms with van der Waals surface area (Å²) in [6.07, 6.45) is 0.288. The number of amides is 1. The van der Waals surface area contributed by atoms with Crippen LogP contribution in [0, 0.1) is 5.92 Å². The van der Waals surface area contributed by atoms with E-state index in [0.29, 0.717) is 6.54 Å². The number of hydrogen-bond acceptors (Lipinski definition) is 3. The number of carboxylic acid groups (broad SMARTS) is 1. The van der Waals surface area contributed by atoms with E-state index in [9.17, 15) is 14.7 Å². The molecule has 2 unspecified atom stereocenters. The van der Waals surface area contributed by atoms with Crippen molar-refractivity contribution in [3.63, 3.8) is 0 Å². The molecule has 0 aliphatic rings. The third-order valence-corrected chi connectivity index (χ3v) is 3.05. The van der Waals surface area contributed by atoms with Crippen LogP contribution >= 0.6 is 0 Å². The Morgan fingerprint density at radius 2 is 1.90 bits per heavy atom. The van der Waals surface area contributed by atoms with E-state index >= 15 is 0 Å². The molecule has 20 heavy (non-hydrogen) atoms. The van der Waals surface area contributed by atoms with Crippen LogP contribution in [0.3, 0.4) is 0 Å². The lowest BCUT2D eigenvalue weighted by atomic mass is 10.0. The van der Waals surface area contributed by atoms with Gasteiger partial charge in [0.1, 0.15) is 6.04 Å². The molecule has 5 heteroatoms. The first-order valence-electron chi connectivity index (χ1n) is 6.82. The van der Waals surface area contributed by atoms with E-state index in [-0.39, 0.29) is 18.2 Å². The van der Waals surface area contributed by atoms with Gasteiger partial charge in [-0.25, -0.2) is 4.79 Å². The summed E-state index contributed by atoms with van der Waals surface area (Å²) in [7, 11) is 0. The molecule has 0 radical (unpaired) electrons. The predicted octanol–water partition coefficient (Wildman–Crippen LogP) is 1.04. The monoisotopic (exact) mass is 278 g/mol. The van der Waals surface area contributed by atoms with Crippen molar-refractivity contribution in [1.82, 2.24) is 10.6 Å². The van der Waals surface area contributed by atoms with Crippen LogP contribution in [0.2, 0.25) is 0 Å². The topological polar surface area (TPSA) is 78.4 Å². The van der Waals surface area contributed by atoms with Crippen molar-refractivity contribution in [3.8, 4) is 0 Å². The Balaban J connectivity index is 2.59. The first kappa shape index (κ1) is 16.2. The number of carbonyl (C=O) groups is 2. The van der Waals surface area contributed by atoms with Crippen molar-refractivity contribution in [2.45, 2.75) is 26.3 Å². The second-order valence-corrected chi connectivity index (χ2v) is 4.80. The third-order valence-electron chi connectivity index (χ3n) is 3.05. The highest BCUT2D eigenvalue weighted by atomic mass is 16.4. The molecule has 0 bridgehead atoms. The molecule has 0 aliphatic carbocycles. The number of carboxylic acids is 1. The van der Waals surface area contributed by atoms with Gasteiger partial charge in [-0.05, 0) is 12.1 Å². The summed E-state index contributed by atoms with van der Waals surface area (Å²) in [5.41, 5.74) is 0.888. The van der Waals surface area contributed by atoms with Gasteiger partial charge >= 0.3 is 5.97 Å². The van der Waals surface area contributed by atoms with E-state index in [1.54, 1.807) is 6.92 Å². The Bertz CT molecular complexity index is 434. The van der Waals surface area contributed by atoms with E-state index in [1.807, 2.05) is 37.3 Å². The van der Waals surface area contributed by atoms with E-state index in [1.165, 1.54) is 0 Å². The summed E-state index contributed by atoms with van der Waals surface area (Å²) in [6, 6.07) is 8.38. The lowest BCUT2D eigenvalue weighted by Crippen LogP contribution is -2.46. The second kappa shape index (κ2) is 8.32. The molecule has 1 aromatic rings. The van der Waals surface area contributed by atoms with Gasteiger partial charge in [0.2, 0.25) is 5.91 Å². The zero-order valence-corrected chi connectivity index (χ0v) is 11.9. The van der Waals surface area contributed by atoms with E-state index in [2.05, 4.69) is 10.6 Å². The van der Waals surface area contributed by atoms with Gasteiger partial charge in [0, 0.05) is 18.9 Å². The van der Waals surface area contributed by atoms with Crippen molar-refractivity contribution in [2.75, 3.05) is 13.1 Å². The first-order chi connectivity index (χ1) is 9.54. The average Bonchev–Trinajstić information content (AvgIpc) is 2.44. The second-order valence-electron chi connectivity index (χ2n) is 4.80. The van der Waals surface area contributed by atoms with Crippen LogP contribution in [0.25, 0.3) is 0 Å². The van der Waals surface area contributed by atoms with Crippen LogP contribution in [-0.4, -0.2) is 36.1 Å². The largest absolute Gasteiger partial charge is 0.480 e. The normalized spacial score (nSPS) is 13.5. The van der Waals surface area contributed by atoms with Gasteiger partial charge in [-0.2, -0.15) is 0 Å². The highest BCUT2D eigenvalue weighted by Gasteiger charge is 2.22. The highest BCUT2D eigenvalue weighted by molar-refractivity contribution is 5.85. The van der Waals surface area contributed by atoms with Gasteiger partial charge in [-0.3, -0.25) is 4.79 Å². The fourth-order valence-electron chi connectivity index (χ4n) is 1.82. The molecular weight excluding hydrogens is 256 g/mol.